The summed E-state index contributed by atoms with van der Waals surface area (Å²) >= 11 is 1.85. The molecule has 2 rings (SSSR count). The molecular weight excluding hydrogens is 281 g/mol. The standard InChI is InChI=1S/C18H28FNS/c1-3-14-5-7-15(8-6-14)18(20-4-2)13-21-17-11-9-16(19)10-12-17/h9-12,14-15,18,20H,3-8,13H2,1-2H3. The lowest BCUT2D eigenvalue weighted by Gasteiger charge is -2.34. The smallest absolute Gasteiger partial charge is 0.123 e. The fraction of sp³-hybridized carbons (Fsp3) is 0.667. The van der Waals surface area contributed by atoms with Crippen molar-refractivity contribution in [3.05, 3.63) is 30.1 Å². The molecule has 0 spiro atoms. The first-order valence-corrected chi connectivity index (χ1v) is 9.33. The summed E-state index contributed by atoms with van der Waals surface area (Å²) in [6, 6.07) is 7.46. The predicted molar refractivity (Wildman–Crippen MR) is 90.3 cm³/mol. The molecule has 0 radical (unpaired) electrons. The van der Waals surface area contributed by atoms with Crippen molar-refractivity contribution in [1.29, 1.82) is 0 Å². The van der Waals surface area contributed by atoms with Gasteiger partial charge in [0.25, 0.3) is 0 Å². The van der Waals surface area contributed by atoms with E-state index in [1.165, 1.54) is 37.0 Å². The van der Waals surface area contributed by atoms with Crippen molar-refractivity contribution < 1.29 is 4.39 Å². The van der Waals surface area contributed by atoms with Crippen molar-refractivity contribution in [3.63, 3.8) is 0 Å². The number of rotatable bonds is 7. The molecule has 0 heterocycles. The number of thioether (sulfide) groups is 1. The van der Waals surface area contributed by atoms with Crippen molar-refractivity contribution in [1.82, 2.24) is 5.32 Å². The van der Waals surface area contributed by atoms with Crippen molar-refractivity contribution in [2.75, 3.05) is 12.3 Å². The second-order valence-corrected chi connectivity index (χ2v) is 7.21. The summed E-state index contributed by atoms with van der Waals surface area (Å²) in [5, 5.41) is 3.67. The Morgan fingerprint density at radius 1 is 1.14 bits per heavy atom. The first kappa shape index (κ1) is 16.8. The molecule has 1 aliphatic carbocycles. The molecule has 1 fully saturated rings. The normalized spacial score (nSPS) is 24.0. The maximum atomic E-state index is 12.9. The lowest BCUT2D eigenvalue weighted by atomic mass is 9.78. The number of benzene rings is 1. The predicted octanol–water partition coefficient (Wildman–Crippen LogP) is 5.11. The third-order valence-electron chi connectivity index (χ3n) is 4.75. The van der Waals surface area contributed by atoms with Gasteiger partial charge < -0.3 is 5.32 Å². The molecule has 1 atom stereocenters. The van der Waals surface area contributed by atoms with E-state index in [0.29, 0.717) is 6.04 Å². The van der Waals surface area contributed by atoms with E-state index in [0.717, 1.165) is 24.1 Å². The highest BCUT2D eigenvalue weighted by Crippen LogP contribution is 2.34. The molecule has 0 aromatic heterocycles. The van der Waals surface area contributed by atoms with Gasteiger partial charge in [0.15, 0.2) is 0 Å². The molecule has 1 aromatic rings. The molecule has 118 valence electrons. The minimum atomic E-state index is -0.152. The van der Waals surface area contributed by atoms with Crippen LogP contribution in [0.2, 0.25) is 0 Å². The highest BCUT2D eigenvalue weighted by molar-refractivity contribution is 7.99. The monoisotopic (exact) mass is 309 g/mol. The van der Waals surface area contributed by atoms with Crippen LogP contribution in [0.3, 0.4) is 0 Å². The van der Waals surface area contributed by atoms with Crippen LogP contribution in [-0.2, 0) is 0 Å². The van der Waals surface area contributed by atoms with Gasteiger partial charge in [-0.1, -0.05) is 33.1 Å². The molecule has 0 aliphatic heterocycles. The van der Waals surface area contributed by atoms with Gasteiger partial charge in [-0.3, -0.25) is 0 Å². The van der Waals surface area contributed by atoms with E-state index in [1.54, 1.807) is 12.1 Å². The highest BCUT2D eigenvalue weighted by atomic mass is 32.2. The molecule has 21 heavy (non-hydrogen) atoms. The molecule has 0 amide bonds. The van der Waals surface area contributed by atoms with Crippen molar-refractivity contribution in [2.24, 2.45) is 11.8 Å². The van der Waals surface area contributed by atoms with Gasteiger partial charge in [0, 0.05) is 16.7 Å². The zero-order valence-corrected chi connectivity index (χ0v) is 14.1. The number of halogens is 1. The van der Waals surface area contributed by atoms with Crippen molar-refractivity contribution in [2.45, 2.75) is 56.9 Å². The fourth-order valence-corrected chi connectivity index (χ4v) is 4.43. The van der Waals surface area contributed by atoms with Gasteiger partial charge in [0.05, 0.1) is 0 Å². The fourth-order valence-electron chi connectivity index (χ4n) is 3.34. The molecule has 0 bridgehead atoms. The van der Waals surface area contributed by atoms with E-state index in [9.17, 15) is 4.39 Å². The van der Waals surface area contributed by atoms with E-state index >= 15 is 0 Å². The third kappa shape index (κ3) is 5.30. The topological polar surface area (TPSA) is 12.0 Å². The van der Waals surface area contributed by atoms with Gasteiger partial charge in [-0.25, -0.2) is 4.39 Å². The van der Waals surface area contributed by atoms with Gasteiger partial charge in [-0.15, -0.1) is 11.8 Å². The van der Waals surface area contributed by atoms with Crippen LogP contribution in [0, 0.1) is 17.7 Å². The van der Waals surface area contributed by atoms with E-state index in [-0.39, 0.29) is 5.82 Å². The third-order valence-corrected chi connectivity index (χ3v) is 5.88. The number of nitrogens with one attached hydrogen (secondary N) is 1. The second kappa shape index (κ2) is 8.79. The van der Waals surface area contributed by atoms with Crippen LogP contribution in [0.15, 0.2) is 29.2 Å². The Balaban J connectivity index is 1.85. The average molecular weight is 309 g/mol. The Morgan fingerprint density at radius 2 is 1.81 bits per heavy atom. The second-order valence-electron chi connectivity index (χ2n) is 6.12. The van der Waals surface area contributed by atoms with Gasteiger partial charge in [-0.2, -0.15) is 0 Å². The maximum Gasteiger partial charge on any atom is 0.123 e. The quantitative estimate of drug-likeness (QED) is 0.702. The Morgan fingerprint density at radius 3 is 2.38 bits per heavy atom. The molecule has 1 aliphatic rings. The molecule has 1 aromatic carbocycles. The summed E-state index contributed by atoms with van der Waals surface area (Å²) in [4.78, 5) is 1.17. The summed E-state index contributed by atoms with van der Waals surface area (Å²) in [5.41, 5.74) is 0. The summed E-state index contributed by atoms with van der Waals surface area (Å²) in [6.07, 6.45) is 6.85. The first-order chi connectivity index (χ1) is 10.2. The Bertz CT molecular complexity index is 398. The van der Waals surface area contributed by atoms with Crippen LogP contribution < -0.4 is 5.32 Å². The molecular formula is C18H28FNS. The summed E-state index contributed by atoms with van der Waals surface area (Å²) < 4.78 is 12.9. The SMILES string of the molecule is CCNC(CSc1ccc(F)cc1)C1CCC(CC)CC1. The molecule has 1 saturated carbocycles. The Kier molecular flexibility index (Phi) is 7.05. The molecule has 0 saturated heterocycles. The van der Waals surface area contributed by atoms with E-state index in [2.05, 4.69) is 19.2 Å². The minimum Gasteiger partial charge on any atom is -0.313 e. The van der Waals surface area contributed by atoms with E-state index in [4.69, 9.17) is 0 Å². The largest absolute Gasteiger partial charge is 0.313 e. The zero-order chi connectivity index (χ0) is 15.1. The van der Waals surface area contributed by atoms with Crippen molar-refractivity contribution >= 4 is 11.8 Å². The number of hydrogen-bond acceptors (Lipinski definition) is 2. The minimum absolute atomic E-state index is 0.152. The van der Waals surface area contributed by atoms with Crippen LogP contribution in [0.25, 0.3) is 0 Å². The average Bonchev–Trinajstić information content (AvgIpc) is 2.53. The summed E-state index contributed by atoms with van der Waals surface area (Å²) in [7, 11) is 0. The van der Waals surface area contributed by atoms with E-state index in [1.807, 2.05) is 23.9 Å². The molecule has 1 nitrogen and oxygen atoms in total. The van der Waals surface area contributed by atoms with Gasteiger partial charge in [0.1, 0.15) is 5.82 Å². The van der Waals surface area contributed by atoms with Gasteiger partial charge in [0.2, 0.25) is 0 Å². The summed E-state index contributed by atoms with van der Waals surface area (Å²) in [5.74, 6) is 2.69. The van der Waals surface area contributed by atoms with Crippen LogP contribution in [0.1, 0.15) is 46.0 Å². The lowest BCUT2D eigenvalue weighted by Crippen LogP contribution is -2.40. The van der Waals surface area contributed by atoms with Crippen LogP contribution >= 0.6 is 11.8 Å². The van der Waals surface area contributed by atoms with Crippen LogP contribution in [0.4, 0.5) is 4.39 Å². The van der Waals surface area contributed by atoms with Gasteiger partial charge >= 0.3 is 0 Å². The van der Waals surface area contributed by atoms with Crippen molar-refractivity contribution in [3.8, 4) is 0 Å². The molecule has 1 N–H and O–H groups in total. The van der Waals surface area contributed by atoms with E-state index < -0.39 is 0 Å². The molecule has 1 unspecified atom stereocenters. The van der Waals surface area contributed by atoms with Crippen LogP contribution in [0.5, 0.6) is 0 Å². The summed E-state index contributed by atoms with van der Waals surface area (Å²) in [6.45, 7) is 5.53. The lowest BCUT2D eigenvalue weighted by molar-refractivity contribution is 0.229. The zero-order valence-electron chi connectivity index (χ0n) is 13.3. The van der Waals surface area contributed by atoms with Gasteiger partial charge in [-0.05, 0) is 55.5 Å². The highest BCUT2D eigenvalue weighted by Gasteiger charge is 2.26. The number of hydrogen-bond donors (Lipinski definition) is 1. The van der Waals surface area contributed by atoms with Crippen LogP contribution in [-0.4, -0.2) is 18.3 Å². The maximum absolute atomic E-state index is 12.9. The Labute approximate surface area is 133 Å². The first-order valence-electron chi connectivity index (χ1n) is 8.34. The Hall–Kier alpha value is -0.540. The molecule has 3 heteroatoms.